The van der Waals surface area contributed by atoms with Crippen LogP contribution >= 0.6 is 15.9 Å². The molecule has 0 spiro atoms. The average molecular weight is 305 g/mol. The number of hydrogen-bond donors (Lipinski definition) is 0. The first-order chi connectivity index (χ1) is 8.15. The highest BCUT2D eigenvalue weighted by molar-refractivity contribution is 9.10. The molecule has 0 heterocycles. The third-order valence-electron chi connectivity index (χ3n) is 2.08. The number of carbonyl (C=O) groups is 1. The summed E-state index contributed by atoms with van der Waals surface area (Å²) in [6.07, 6.45) is 0.847. The summed E-state index contributed by atoms with van der Waals surface area (Å²) in [6, 6.07) is 5.25. The van der Waals surface area contributed by atoms with E-state index in [0.717, 1.165) is 10.0 Å². The number of benzene rings is 1. The monoisotopic (exact) mass is 304 g/mol. The lowest BCUT2D eigenvalue weighted by atomic mass is 10.1. The summed E-state index contributed by atoms with van der Waals surface area (Å²) < 4.78 is 22.4. The van der Waals surface area contributed by atoms with Crippen LogP contribution in [0.3, 0.4) is 0 Å². The lowest BCUT2D eigenvalue weighted by Crippen LogP contribution is -2.05. The third-order valence-corrected chi connectivity index (χ3v) is 2.53. The second-order valence-corrected chi connectivity index (χ2v) is 4.27. The standard InChI is InChI=1S/C12H14BrFO3/c1-2-16-12(15)4-3-9-5-10(13)7-11(6-9)17-8-14/h5-7H,2-4,8H2,1H3. The van der Waals surface area contributed by atoms with Crippen LogP contribution in [0, 0.1) is 0 Å². The van der Waals surface area contributed by atoms with Crippen molar-refractivity contribution in [3.8, 4) is 5.75 Å². The molecule has 0 aliphatic carbocycles. The lowest BCUT2D eigenvalue weighted by molar-refractivity contribution is -0.143. The maximum absolute atomic E-state index is 12.0. The lowest BCUT2D eigenvalue weighted by Gasteiger charge is -2.06. The molecule has 0 fully saturated rings. The van der Waals surface area contributed by atoms with E-state index >= 15 is 0 Å². The molecule has 0 unspecified atom stereocenters. The van der Waals surface area contributed by atoms with Crippen LogP contribution in [0.4, 0.5) is 4.39 Å². The van der Waals surface area contributed by atoms with Gasteiger partial charge in [0, 0.05) is 10.9 Å². The van der Waals surface area contributed by atoms with Crippen LogP contribution in [-0.4, -0.2) is 19.4 Å². The minimum absolute atomic E-state index is 0.236. The topological polar surface area (TPSA) is 35.5 Å². The smallest absolute Gasteiger partial charge is 0.306 e. The summed E-state index contributed by atoms with van der Waals surface area (Å²) >= 11 is 3.30. The minimum atomic E-state index is -0.867. The predicted molar refractivity (Wildman–Crippen MR) is 65.7 cm³/mol. The van der Waals surface area contributed by atoms with E-state index in [0.29, 0.717) is 25.2 Å². The zero-order valence-electron chi connectivity index (χ0n) is 9.54. The third kappa shape index (κ3) is 5.17. The first-order valence-corrected chi connectivity index (χ1v) is 6.09. The van der Waals surface area contributed by atoms with E-state index in [-0.39, 0.29) is 5.97 Å². The Morgan fingerprint density at radius 2 is 2.18 bits per heavy atom. The molecule has 0 aromatic heterocycles. The number of halogens is 2. The zero-order chi connectivity index (χ0) is 12.7. The van der Waals surface area contributed by atoms with Crippen molar-refractivity contribution in [3.05, 3.63) is 28.2 Å². The highest BCUT2D eigenvalue weighted by Gasteiger charge is 2.05. The van der Waals surface area contributed by atoms with Crippen LogP contribution in [0.5, 0.6) is 5.75 Å². The maximum atomic E-state index is 12.0. The molecule has 0 radical (unpaired) electrons. The molecular weight excluding hydrogens is 291 g/mol. The van der Waals surface area contributed by atoms with Gasteiger partial charge >= 0.3 is 5.97 Å². The van der Waals surface area contributed by atoms with E-state index in [1.807, 2.05) is 6.07 Å². The first-order valence-electron chi connectivity index (χ1n) is 5.29. The summed E-state index contributed by atoms with van der Waals surface area (Å²) in [5, 5.41) is 0. The zero-order valence-corrected chi connectivity index (χ0v) is 11.1. The number of carbonyl (C=O) groups excluding carboxylic acids is 1. The van der Waals surface area contributed by atoms with Crippen LogP contribution in [0.1, 0.15) is 18.9 Å². The number of rotatable bonds is 6. The van der Waals surface area contributed by atoms with Gasteiger partial charge in [0.15, 0.2) is 0 Å². The van der Waals surface area contributed by atoms with Gasteiger partial charge in [-0.05, 0) is 37.1 Å². The van der Waals surface area contributed by atoms with Gasteiger partial charge < -0.3 is 9.47 Å². The molecule has 0 saturated carbocycles. The molecule has 0 bridgehead atoms. The summed E-state index contributed by atoms with van der Waals surface area (Å²) in [5.74, 6) is 0.209. The largest absolute Gasteiger partial charge is 0.466 e. The van der Waals surface area contributed by atoms with Crippen molar-refractivity contribution in [1.82, 2.24) is 0 Å². The van der Waals surface area contributed by atoms with Gasteiger partial charge in [-0.1, -0.05) is 15.9 Å². The van der Waals surface area contributed by atoms with E-state index in [2.05, 4.69) is 15.9 Å². The highest BCUT2D eigenvalue weighted by atomic mass is 79.9. The molecule has 94 valence electrons. The van der Waals surface area contributed by atoms with Gasteiger partial charge in [0.25, 0.3) is 0 Å². The Morgan fingerprint density at radius 1 is 1.41 bits per heavy atom. The van der Waals surface area contributed by atoms with Crippen molar-refractivity contribution < 1.29 is 18.7 Å². The van der Waals surface area contributed by atoms with E-state index in [9.17, 15) is 9.18 Å². The van der Waals surface area contributed by atoms with Gasteiger partial charge in [0.2, 0.25) is 6.86 Å². The summed E-state index contributed by atoms with van der Waals surface area (Å²) in [7, 11) is 0. The Bertz CT molecular complexity index is 382. The Morgan fingerprint density at radius 3 is 2.82 bits per heavy atom. The second-order valence-electron chi connectivity index (χ2n) is 3.35. The van der Waals surface area contributed by atoms with Crippen molar-refractivity contribution in [2.75, 3.05) is 13.5 Å². The van der Waals surface area contributed by atoms with Crippen molar-refractivity contribution in [2.24, 2.45) is 0 Å². The number of esters is 1. The molecule has 0 saturated heterocycles. The van der Waals surface area contributed by atoms with E-state index in [4.69, 9.17) is 9.47 Å². The molecule has 0 atom stereocenters. The fourth-order valence-electron chi connectivity index (χ4n) is 1.39. The van der Waals surface area contributed by atoms with Crippen molar-refractivity contribution in [1.29, 1.82) is 0 Å². The fourth-order valence-corrected chi connectivity index (χ4v) is 1.91. The van der Waals surface area contributed by atoms with Gasteiger partial charge in [0.1, 0.15) is 5.75 Å². The van der Waals surface area contributed by atoms with Gasteiger partial charge in [-0.15, -0.1) is 0 Å². The molecule has 3 nitrogen and oxygen atoms in total. The van der Waals surface area contributed by atoms with E-state index in [1.54, 1.807) is 19.1 Å². The van der Waals surface area contributed by atoms with Crippen LogP contribution in [0.15, 0.2) is 22.7 Å². The molecule has 0 N–H and O–H groups in total. The number of aryl methyl sites for hydroxylation is 1. The molecule has 5 heteroatoms. The SMILES string of the molecule is CCOC(=O)CCc1cc(Br)cc(OCF)c1. The van der Waals surface area contributed by atoms with Crippen molar-refractivity contribution in [3.63, 3.8) is 0 Å². The molecule has 1 aromatic carbocycles. The summed E-state index contributed by atoms with van der Waals surface area (Å²) in [5.41, 5.74) is 0.899. The molecule has 0 amide bonds. The van der Waals surface area contributed by atoms with E-state index < -0.39 is 6.86 Å². The average Bonchev–Trinajstić information content (AvgIpc) is 2.26. The number of alkyl halides is 1. The first kappa shape index (κ1) is 14.0. The summed E-state index contributed by atoms with van der Waals surface area (Å²) in [4.78, 5) is 11.2. The van der Waals surface area contributed by atoms with Crippen LogP contribution in [0.2, 0.25) is 0 Å². The van der Waals surface area contributed by atoms with Gasteiger partial charge in [-0.2, -0.15) is 0 Å². The van der Waals surface area contributed by atoms with Gasteiger partial charge in [0.05, 0.1) is 6.61 Å². The van der Waals surface area contributed by atoms with Crippen LogP contribution < -0.4 is 4.74 Å². The van der Waals surface area contributed by atoms with Crippen molar-refractivity contribution in [2.45, 2.75) is 19.8 Å². The quantitative estimate of drug-likeness (QED) is 0.757. The Balaban J connectivity index is 2.61. The second kappa shape index (κ2) is 7.27. The van der Waals surface area contributed by atoms with Crippen LogP contribution in [0.25, 0.3) is 0 Å². The molecule has 1 rings (SSSR count). The predicted octanol–water partition coefficient (Wildman–Crippen LogP) is 3.25. The number of hydrogen-bond acceptors (Lipinski definition) is 3. The Hall–Kier alpha value is -1.10. The Labute approximate surface area is 108 Å². The minimum Gasteiger partial charge on any atom is -0.466 e. The molecule has 17 heavy (non-hydrogen) atoms. The summed E-state index contributed by atoms with van der Waals surface area (Å²) in [6.45, 7) is 1.28. The normalized spacial score (nSPS) is 10.1. The highest BCUT2D eigenvalue weighted by Crippen LogP contribution is 2.22. The fraction of sp³-hybridized carbons (Fsp3) is 0.417. The maximum Gasteiger partial charge on any atom is 0.306 e. The van der Waals surface area contributed by atoms with Gasteiger partial charge in [-0.3, -0.25) is 4.79 Å². The molecular formula is C12H14BrFO3. The van der Waals surface area contributed by atoms with Crippen molar-refractivity contribution >= 4 is 21.9 Å². The Kier molecular flexibility index (Phi) is 5.97. The molecule has 1 aromatic rings. The van der Waals surface area contributed by atoms with Crippen LogP contribution in [-0.2, 0) is 16.0 Å². The van der Waals surface area contributed by atoms with Gasteiger partial charge in [-0.25, -0.2) is 4.39 Å². The van der Waals surface area contributed by atoms with E-state index in [1.165, 1.54) is 0 Å². The molecule has 0 aliphatic heterocycles. The number of ether oxygens (including phenoxy) is 2. The molecule has 0 aliphatic rings.